The first kappa shape index (κ1) is 20.7. The summed E-state index contributed by atoms with van der Waals surface area (Å²) in [6, 6.07) is 6.44. The van der Waals surface area contributed by atoms with E-state index >= 15 is 0 Å². The number of hydrogen-bond acceptors (Lipinski definition) is 5. The number of rotatable bonds is 9. The van der Waals surface area contributed by atoms with Crippen molar-refractivity contribution >= 4 is 0 Å². The van der Waals surface area contributed by atoms with Gasteiger partial charge in [-0.2, -0.15) is 0 Å². The van der Waals surface area contributed by atoms with E-state index in [0.29, 0.717) is 25.2 Å². The first-order valence-electron chi connectivity index (χ1n) is 10.3. The lowest BCUT2D eigenvalue weighted by atomic mass is 9.86. The molecule has 2 aromatic rings. The van der Waals surface area contributed by atoms with Crippen molar-refractivity contribution in [3.05, 3.63) is 30.6 Å². The first-order chi connectivity index (χ1) is 13.6. The second kappa shape index (κ2) is 9.94. The molecule has 1 saturated carbocycles. The van der Waals surface area contributed by atoms with Crippen LogP contribution in [0.25, 0.3) is 11.4 Å². The van der Waals surface area contributed by atoms with Gasteiger partial charge < -0.3 is 24.0 Å². The number of aromatic nitrogens is 2. The highest BCUT2D eigenvalue weighted by Gasteiger charge is 2.24. The zero-order valence-electron chi connectivity index (χ0n) is 17.3. The van der Waals surface area contributed by atoms with Crippen LogP contribution in [-0.2, 0) is 0 Å². The van der Waals surface area contributed by atoms with Crippen molar-refractivity contribution < 1.29 is 14.6 Å². The summed E-state index contributed by atoms with van der Waals surface area (Å²) in [4.78, 5) is 6.72. The molecule has 6 heteroatoms. The fourth-order valence-electron chi connectivity index (χ4n) is 3.89. The average Bonchev–Trinajstić information content (AvgIpc) is 3.19. The number of benzene rings is 1. The van der Waals surface area contributed by atoms with Gasteiger partial charge in [-0.25, -0.2) is 4.98 Å². The molecule has 154 valence electrons. The molecule has 0 unspecified atom stereocenters. The fraction of sp³-hybridized carbons (Fsp3) is 0.591. The summed E-state index contributed by atoms with van der Waals surface area (Å²) < 4.78 is 14.0. The summed E-state index contributed by atoms with van der Waals surface area (Å²) in [5, 5.41) is 9.57. The Bertz CT molecular complexity index is 744. The third-order valence-electron chi connectivity index (χ3n) is 5.37. The highest BCUT2D eigenvalue weighted by Crippen LogP contribution is 2.37. The van der Waals surface area contributed by atoms with Gasteiger partial charge in [-0.3, -0.25) is 0 Å². The highest BCUT2D eigenvalue weighted by atomic mass is 16.5. The van der Waals surface area contributed by atoms with E-state index in [9.17, 15) is 5.11 Å². The normalized spacial score (nSPS) is 19.8. The molecule has 1 N–H and O–H groups in total. The van der Waals surface area contributed by atoms with Crippen molar-refractivity contribution in [3.63, 3.8) is 0 Å². The fourth-order valence-corrected chi connectivity index (χ4v) is 3.89. The molecule has 1 aromatic heterocycles. The smallest absolute Gasteiger partial charge is 0.161 e. The van der Waals surface area contributed by atoms with Gasteiger partial charge in [0.2, 0.25) is 0 Å². The zero-order valence-corrected chi connectivity index (χ0v) is 17.3. The molecule has 3 rings (SSSR count). The van der Waals surface area contributed by atoms with Crippen molar-refractivity contribution in [2.24, 2.45) is 5.92 Å². The Morgan fingerprint density at radius 2 is 2.07 bits per heavy atom. The van der Waals surface area contributed by atoms with Crippen LogP contribution >= 0.6 is 0 Å². The Morgan fingerprint density at radius 3 is 2.82 bits per heavy atom. The quantitative estimate of drug-likeness (QED) is 0.712. The number of imidazole rings is 1. The zero-order chi connectivity index (χ0) is 19.9. The maximum Gasteiger partial charge on any atom is 0.161 e. The molecule has 6 nitrogen and oxygen atoms in total. The van der Waals surface area contributed by atoms with Gasteiger partial charge in [-0.15, -0.1) is 0 Å². The number of likely N-dealkylation sites (N-methyl/N-ethyl adjacent to an activating group) is 1. The Balaban J connectivity index is 1.82. The molecule has 1 heterocycles. The summed E-state index contributed by atoms with van der Waals surface area (Å²) in [6.07, 6.45) is 8.32. The second-order valence-electron chi connectivity index (χ2n) is 7.77. The maximum absolute atomic E-state index is 9.57. The lowest BCUT2D eigenvalue weighted by Crippen LogP contribution is -2.21. The van der Waals surface area contributed by atoms with Crippen molar-refractivity contribution in [2.45, 2.75) is 38.6 Å². The van der Waals surface area contributed by atoms with Crippen LogP contribution in [0, 0.1) is 5.92 Å². The van der Waals surface area contributed by atoms with Gasteiger partial charge in [0.25, 0.3) is 0 Å². The lowest BCUT2D eigenvalue weighted by Gasteiger charge is -2.30. The summed E-state index contributed by atoms with van der Waals surface area (Å²) >= 11 is 0. The van der Waals surface area contributed by atoms with E-state index in [4.69, 9.17) is 9.47 Å². The Kier molecular flexibility index (Phi) is 7.34. The van der Waals surface area contributed by atoms with Gasteiger partial charge in [0.05, 0.1) is 6.61 Å². The van der Waals surface area contributed by atoms with Crippen LogP contribution in [0.1, 0.15) is 38.6 Å². The van der Waals surface area contributed by atoms with Crippen LogP contribution in [0.15, 0.2) is 30.6 Å². The molecule has 1 aliphatic carbocycles. The first-order valence-corrected chi connectivity index (χ1v) is 10.3. The predicted octanol–water partition coefficient (Wildman–Crippen LogP) is 3.61. The average molecular weight is 388 g/mol. The van der Waals surface area contributed by atoms with Crippen molar-refractivity contribution in [1.29, 1.82) is 0 Å². The topological polar surface area (TPSA) is 59.8 Å². The van der Waals surface area contributed by atoms with Crippen LogP contribution in [0.3, 0.4) is 0 Å². The van der Waals surface area contributed by atoms with E-state index < -0.39 is 0 Å². The summed E-state index contributed by atoms with van der Waals surface area (Å²) in [5.41, 5.74) is 1.03. The molecule has 1 aromatic carbocycles. The van der Waals surface area contributed by atoms with E-state index in [0.717, 1.165) is 55.1 Å². The maximum atomic E-state index is 9.57. The number of aliphatic hydroxyl groups is 1. The molecular weight excluding hydrogens is 354 g/mol. The van der Waals surface area contributed by atoms with Crippen LogP contribution in [-0.4, -0.2) is 60.0 Å². The van der Waals surface area contributed by atoms with Gasteiger partial charge >= 0.3 is 0 Å². The van der Waals surface area contributed by atoms with Gasteiger partial charge in [0.15, 0.2) is 11.5 Å². The van der Waals surface area contributed by atoms with Gasteiger partial charge in [-0.05, 0) is 64.4 Å². The van der Waals surface area contributed by atoms with E-state index in [2.05, 4.69) is 26.7 Å². The largest absolute Gasteiger partial charge is 0.490 e. The Hall–Kier alpha value is -2.05. The number of ether oxygens (including phenoxy) is 2. The Morgan fingerprint density at radius 1 is 1.21 bits per heavy atom. The minimum absolute atomic E-state index is 0.272. The van der Waals surface area contributed by atoms with Gasteiger partial charge in [0, 0.05) is 37.2 Å². The molecule has 1 aliphatic rings. The van der Waals surface area contributed by atoms with Crippen LogP contribution in [0.2, 0.25) is 0 Å². The third kappa shape index (κ3) is 5.06. The van der Waals surface area contributed by atoms with E-state index in [1.807, 2.05) is 39.3 Å². The van der Waals surface area contributed by atoms with Gasteiger partial charge in [-0.1, -0.05) is 6.42 Å². The molecule has 0 radical (unpaired) electrons. The SMILES string of the molecule is CCOc1cc(-c2nccn2[C@@H]2CCC[C@H](CO)C2)ccc1OCCN(C)C. The molecule has 0 bridgehead atoms. The van der Waals surface area contributed by atoms with Crippen molar-refractivity contribution in [2.75, 3.05) is 40.5 Å². The van der Waals surface area contributed by atoms with E-state index in [1.54, 1.807) is 0 Å². The number of nitrogens with zero attached hydrogens (tertiary/aromatic N) is 3. The molecule has 0 spiro atoms. The molecule has 0 saturated heterocycles. The highest BCUT2D eigenvalue weighted by molar-refractivity contribution is 5.61. The van der Waals surface area contributed by atoms with Crippen molar-refractivity contribution in [3.8, 4) is 22.9 Å². The summed E-state index contributed by atoms with van der Waals surface area (Å²) in [5.74, 6) is 2.86. The molecule has 0 amide bonds. The molecule has 1 fully saturated rings. The van der Waals surface area contributed by atoms with Crippen LogP contribution in [0.5, 0.6) is 11.5 Å². The van der Waals surface area contributed by atoms with Gasteiger partial charge in [0.1, 0.15) is 12.4 Å². The standard InChI is InChI=1S/C22H33N3O3/c1-4-27-21-15-18(8-9-20(21)28-13-12-24(2)3)22-23-10-11-25(22)19-7-5-6-17(14-19)16-26/h8-11,15,17,19,26H,4-7,12-14,16H2,1-3H3/t17-,19+/m0/s1. The lowest BCUT2D eigenvalue weighted by molar-refractivity contribution is 0.163. The monoisotopic (exact) mass is 387 g/mol. The Labute approximate surface area is 168 Å². The van der Waals surface area contributed by atoms with Crippen LogP contribution < -0.4 is 9.47 Å². The third-order valence-corrected chi connectivity index (χ3v) is 5.37. The molecule has 28 heavy (non-hydrogen) atoms. The minimum atomic E-state index is 0.272. The molecule has 0 aliphatic heterocycles. The van der Waals surface area contributed by atoms with Crippen LogP contribution in [0.4, 0.5) is 0 Å². The molecule has 2 atom stereocenters. The van der Waals surface area contributed by atoms with E-state index in [-0.39, 0.29) is 6.61 Å². The second-order valence-corrected chi connectivity index (χ2v) is 7.77. The number of aliphatic hydroxyl groups excluding tert-OH is 1. The van der Waals surface area contributed by atoms with Crippen molar-refractivity contribution in [1.82, 2.24) is 14.5 Å². The number of hydrogen-bond donors (Lipinski definition) is 1. The summed E-state index contributed by atoms with van der Waals surface area (Å²) in [7, 11) is 4.06. The predicted molar refractivity (Wildman–Crippen MR) is 111 cm³/mol. The summed E-state index contributed by atoms with van der Waals surface area (Å²) in [6.45, 7) is 4.31. The minimum Gasteiger partial charge on any atom is -0.490 e. The molecular formula is C22H33N3O3. The van der Waals surface area contributed by atoms with E-state index in [1.165, 1.54) is 0 Å².